The maximum atomic E-state index is 11.7. The first-order valence-corrected chi connectivity index (χ1v) is 5.48. The molecule has 17 heavy (non-hydrogen) atoms. The summed E-state index contributed by atoms with van der Waals surface area (Å²) in [6.45, 7) is 4.05. The smallest absolute Gasteiger partial charge is 0.335 e. The van der Waals surface area contributed by atoms with E-state index in [-0.39, 0.29) is 5.97 Å². The van der Waals surface area contributed by atoms with Crippen LogP contribution in [0.1, 0.15) is 24.2 Å². The van der Waals surface area contributed by atoms with E-state index in [4.69, 9.17) is 9.47 Å². The number of aromatic nitrogens is 1. The Labute approximate surface area is 99.5 Å². The summed E-state index contributed by atoms with van der Waals surface area (Å²) in [5, 5.41) is 0. The molecule has 0 aromatic carbocycles. The van der Waals surface area contributed by atoms with Crippen LogP contribution in [-0.2, 0) is 14.3 Å². The van der Waals surface area contributed by atoms with Gasteiger partial charge in [0.15, 0.2) is 18.5 Å². The predicted octanol–water partition coefficient (Wildman–Crippen LogP) is 1.42. The summed E-state index contributed by atoms with van der Waals surface area (Å²) in [6, 6.07) is 1.25. The van der Waals surface area contributed by atoms with Gasteiger partial charge in [0, 0.05) is 18.0 Å². The quantitative estimate of drug-likeness (QED) is 0.742. The Kier molecular flexibility index (Phi) is 3.37. The zero-order chi connectivity index (χ0) is 12.3. The molecule has 0 fully saturated rings. The van der Waals surface area contributed by atoms with Crippen LogP contribution < -0.4 is 0 Å². The van der Waals surface area contributed by atoms with Gasteiger partial charge in [-0.15, -0.1) is 0 Å². The van der Waals surface area contributed by atoms with Gasteiger partial charge in [0.1, 0.15) is 0 Å². The van der Waals surface area contributed by atoms with E-state index in [1.165, 1.54) is 6.40 Å². The van der Waals surface area contributed by atoms with E-state index < -0.39 is 12.1 Å². The summed E-state index contributed by atoms with van der Waals surface area (Å²) in [5.41, 5.74) is 1.88. The van der Waals surface area contributed by atoms with Crippen molar-refractivity contribution in [2.75, 3.05) is 6.61 Å². The number of aliphatic imine (C=N–C) groups is 1. The van der Waals surface area contributed by atoms with Gasteiger partial charge in [-0.25, -0.2) is 9.79 Å². The fourth-order valence-corrected chi connectivity index (χ4v) is 1.75. The zero-order valence-electron chi connectivity index (χ0n) is 9.79. The first-order chi connectivity index (χ1) is 8.24. The molecule has 0 amide bonds. The number of hydrogen-bond acceptors (Lipinski definition) is 5. The highest BCUT2D eigenvalue weighted by Gasteiger charge is 2.36. The van der Waals surface area contributed by atoms with Crippen molar-refractivity contribution in [3.8, 4) is 0 Å². The molecule has 90 valence electrons. The number of ether oxygens (including phenoxy) is 2. The molecule has 0 saturated heterocycles. The van der Waals surface area contributed by atoms with Crippen LogP contribution in [-0.4, -0.2) is 30.0 Å². The molecule has 2 rings (SSSR count). The maximum absolute atomic E-state index is 11.7. The van der Waals surface area contributed by atoms with Crippen molar-refractivity contribution in [2.24, 2.45) is 4.99 Å². The molecule has 0 aliphatic carbocycles. The first kappa shape index (κ1) is 11.6. The topological polar surface area (TPSA) is 60.8 Å². The fraction of sp³-hybridized carbons (Fsp3) is 0.417. The lowest BCUT2D eigenvalue weighted by atomic mass is 10.0. The Balaban J connectivity index is 2.22. The van der Waals surface area contributed by atoms with Crippen LogP contribution in [0.15, 0.2) is 23.5 Å². The minimum atomic E-state index is -0.627. The molecular weight excluding hydrogens is 220 g/mol. The van der Waals surface area contributed by atoms with E-state index >= 15 is 0 Å². The summed E-state index contributed by atoms with van der Waals surface area (Å²) < 4.78 is 10.3. The summed E-state index contributed by atoms with van der Waals surface area (Å²) >= 11 is 0. The predicted molar refractivity (Wildman–Crippen MR) is 61.7 cm³/mol. The molecule has 2 heterocycles. The van der Waals surface area contributed by atoms with Crippen molar-refractivity contribution in [2.45, 2.75) is 26.0 Å². The van der Waals surface area contributed by atoms with Crippen LogP contribution >= 0.6 is 0 Å². The van der Waals surface area contributed by atoms with E-state index in [0.29, 0.717) is 6.61 Å². The van der Waals surface area contributed by atoms with Gasteiger partial charge in [-0.2, -0.15) is 0 Å². The number of nitrogens with zero attached hydrogens (tertiary/aromatic N) is 2. The second-order valence-electron chi connectivity index (χ2n) is 3.74. The van der Waals surface area contributed by atoms with Gasteiger partial charge in [0.25, 0.3) is 0 Å². The number of esters is 1. The third kappa shape index (κ3) is 2.27. The highest BCUT2D eigenvalue weighted by atomic mass is 16.5. The number of aryl methyl sites for hydroxylation is 1. The van der Waals surface area contributed by atoms with Crippen molar-refractivity contribution >= 4 is 12.4 Å². The lowest BCUT2D eigenvalue weighted by Gasteiger charge is -2.17. The monoisotopic (exact) mass is 234 g/mol. The number of carbonyl (C=O) groups excluding carboxylic acids is 1. The van der Waals surface area contributed by atoms with Crippen molar-refractivity contribution in [3.05, 3.63) is 29.6 Å². The van der Waals surface area contributed by atoms with Crippen LogP contribution in [0, 0.1) is 6.92 Å². The van der Waals surface area contributed by atoms with Gasteiger partial charge in [-0.3, -0.25) is 4.98 Å². The van der Waals surface area contributed by atoms with Crippen LogP contribution in [0.25, 0.3) is 0 Å². The van der Waals surface area contributed by atoms with Crippen LogP contribution in [0.2, 0.25) is 0 Å². The molecule has 0 unspecified atom stereocenters. The highest BCUT2D eigenvalue weighted by molar-refractivity contribution is 5.80. The standard InChI is InChI=1S/C12H14N2O3/c1-3-16-12(15)10-11(17-7-14-10)9-6-13-5-4-8(9)2/h4-7,10-11H,3H2,1-2H3/t10-,11+/m1/s1. The van der Waals surface area contributed by atoms with E-state index in [0.717, 1.165) is 11.1 Å². The Morgan fingerprint density at radius 2 is 2.41 bits per heavy atom. The third-order valence-electron chi connectivity index (χ3n) is 2.63. The summed E-state index contributed by atoms with van der Waals surface area (Å²) in [4.78, 5) is 19.7. The Morgan fingerprint density at radius 3 is 3.12 bits per heavy atom. The maximum Gasteiger partial charge on any atom is 0.335 e. The van der Waals surface area contributed by atoms with Crippen LogP contribution in [0.3, 0.4) is 0 Å². The molecule has 5 nitrogen and oxygen atoms in total. The minimum absolute atomic E-state index is 0.337. The first-order valence-electron chi connectivity index (χ1n) is 5.48. The number of rotatable bonds is 3. The number of carbonyl (C=O) groups is 1. The van der Waals surface area contributed by atoms with Gasteiger partial charge < -0.3 is 9.47 Å². The molecule has 0 saturated carbocycles. The van der Waals surface area contributed by atoms with E-state index in [1.807, 2.05) is 13.0 Å². The van der Waals surface area contributed by atoms with E-state index in [1.54, 1.807) is 19.3 Å². The average molecular weight is 234 g/mol. The molecule has 1 aliphatic heterocycles. The van der Waals surface area contributed by atoms with Crippen molar-refractivity contribution in [1.29, 1.82) is 0 Å². The van der Waals surface area contributed by atoms with Gasteiger partial charge in [0.2, 0.25) is 0 Å². The molecular formula is C12H14N2O3. The molecule has 1 aliphatic rings. The zero-order valence-corrected chi connectivity index (χ0v) is 9.79. The second kappa shape index (κ2) is 4.95. The summed E-state index contributed by atoms with van der Waals surface area (Å²) in [7, 11) is 0. The molecule has 0 spiro atoms. The van der Waals surface area contributed by atoms with Crippen LogP contribution in [0.4, 0.5) is 0 Å². The summed E-state index contributed by atoms with van der Waals surface area (Å²) in [5.74, 6) is -0.366. The highest BCUT2D eigenvalue weighted by Crippen LogP contribution is 2.29. The van der Waals surface area contributed by atoms with Crippen molar-refractivity contribution in [3.63, 3.8) is 0 Å². The minimum Gasteiger partial charge on any atom is -0.473 e. The fourth-order valence-electron chi connectivity index (χ4n) is 1.75. The summed E-state index contributed by atoms with van der Waals surface area (Å²) in [6.07, 6.45) is 4.27. The molecule has 0 radical (unpaired) electrons. The molecule has 1 aromatic rings. The number of pyridine rings is 1. The lowest BCUT2D eigenvalue weighted by Crippen LogP contribution is -2.26. The molecule has 0 N–H and O–H groups in total. The third-order valence-corrected chi connectivity index (χ3v) is 2.63. The average Bonchev–Trinajstić information content (AvgIpc) is 2.79. The normalized spacial score (nSPS) is 22.2. The molecule has 1 aromatic heterocycles. The van der Waals surface area contributed by atoms with Gasteiger partial charge in [-0.05, 0) is 25.5 Å². The van der Waals surface area contributed by atoms with Gasteiger partial charge in [-0.1, -0.05) is 0 Å². The van der Waals surface area contributed by atoms with Crippen molar-refractivity contribution in [1.82, 2.24) is 4.98 Å². The van der Waals surface area contributed by atoms with Gasteiger partial charge >= 0.3 is 5.97 Å². The Bertz CT molecular complexity index is 445. The molecule has 2 atom stereocenters. The Morgan fingerprint density at radius 1 is 1.59 bits per heavy atom. The van der Waals surface area contributed by atoms with Gasteiger partial charge in [0.05, 0.1) is 6.61 Å². The Hall–Kier alpha value is -1.91. The lowest BCUT2D eigenvalue weighted by molar-refractivity contribution is -0.146. The van der Waals surface area contributed by atoms with E-state index in [2.05, 4.69) is 9.98 Å². The van der Waals surface area contributed by atoms with E-state index in [9.17, 15) is 4.79 Å². The second-order valence-corrected chi connectivity index (χ2v) is 3.74. The molecule has 5 heteroatoms. The van der Waals surface area contributed by atoms with Crippen molar-refractivity contribution < 1.29 is 14.3 Å². The molecule has 0 bridgehead atoms. The largest absolute Gasteiger partial charge is 0.473 e. The van der Waals surface area contributed by atoms with Crippen LogP contribution in [0.5, 0.6) is 0 Å². The number of hydrogen-bond donors (Lipinski definition) is 0. The SMILES string of the molecule is CCOC(=O)[C@@H]1N=CO[C@H]1c1cnccc1C.